The van der Waals surface area contributed by atoms with Crippen molar-refractivity contribution in [2.45, 2.75) is 64.2 Å². The van der Waals surface area contributed by atoms with Crippen LogP contribution in [0.1, 0.15) is 76.6 Å². The van der Waals surface area contributed by atoms with Crippen molar-refractivity contribution < 1.29 is 19.1 Å². The lowest BCUT2D eigenvalue weighted by molar-refractivity contribution is -0.113. The highest BCUT2D eigenvalue weighted by Gasteiger charge is 2.27. The predicted octanol–water partition coefficient (Wildman–Crippen LogP) is 5.94. The minimum absolute atomic E-state index is 0.0764. The average molecular weight is 611 g/mol. The topological polar surface area (TPSA) is 115 Å². The number of nitrogens with zero attached hydrogens (tertiary/aromatic N) is 3. The van der Waals surface area contributed by atoms with E-state index in [0.29, 0.717) is 43.7 Å². The van der Waals surface area contributed by atoms with Crippen LogP contribution in [0.3, 0.4) is 0 Å². The number of amides is 2. The Bertz CT molecular complexity index is 1390. The summed E-state index contributed by atoms with van der Waals surface area (Å²) in [4.78, 5) is 39.4. The number of hydrogen-bond acceptors (Lipinski definition) is 8. The van der Waals surface area contributed by atoms with Gasteiger partial charge in [-0.25, -0.2) is 4.79 Å². The highest BCUT2D eigenvalue weighted by Crippen LogP contribution is 2.38. The summed E-state index contributed by atoms with van der Waals surface area (Å²) in [7, 11) is 0. The number of esters is 1. The van der Waals surface area contributed by atoms with E-state index in [4.69, 9.17) is 27.9 Å². The van der Waals surface area contributed by atoms with Crippen LogP contribution in [0, 0.1) is 0 Å². The van der Waals surface area contributed by atoms with Crippen LogP contribution in [0.4, 0.5) is 5.00 Å². The van der Waals surface area contributed by atoms with Crippen LogP contribution in [-0.4, -0.2) is 44.9 Å². The number of thiophene rings is 1. The smallest absolute Gasteiger partial charge is 0.341 e. The molecule has 1 aliphatic rings. The normalized spacial score (nSPS) is 13.5. The lowest BCUT2D eigenvalue weighted by Gasteiger charge is -2.15. The van der Waals surface area contributed by atoms with Crippen molar-refractivity contribution in [1.29, 1.82) is 0 Å². The second-order valence-corrected chi connectivity index (χ2v) is 11.7. The van der Waals surface area contributed by atoms with Crippen LogP contribution >= 0.6 is 46.3 Å². The molecule has 0 unspecified atom stereocenters. The number of rotatable bonds is 10. The van der Waals surface area contributed by atoms with E-state index >= 15 is 0 Å². The van der Waals surface area contributed by atoms with Gasteiger partial charge in [0.15, 0.2) is 11.0 Å². The summed E-state index contributed by atoms with van der Waals surface area (Å²) in [6, 6.07) is 4.22. The summed E-state index contributed by atoms with van der Waals surface area (Å²) in [5.41, 5.74) is 1.86. The van der Waals surface area contributed by atoms with Crippen molar-refractivity contribution >= 4 is 69.1 Å². The molecule has 0 fully saturated rings. The lowest BCUT2D eigenvalue weighted by atomic mass is 9.95. The zero-order valence-corrected chi connectivity index (χ0v) is 25.0. The third-order valence-corrected chi connectivity index (χ3v) is 9.13. The largest absolute Gasteiger partial charge is 0.462 e. The molecule has 0 radical (unpaired) electrons. The highest BCUT2D eigenvalue weighted by molar-refractivity contribution is 7.99. The van der Waals surface area contributed by atoms with Crippen molar-refractivity contribution in [2.75, 3.05) is 17.7 Å². The van der Waals surface area contributed by atoms with Gasteiger partial charge in [-0.2, -0.15) is 0 Å². The summed E-state index contributed by atoms with van der Waals surface area (Å²) in [5, 5.41) is 16.1. The molecule has 2 heterocycles. The van der Waals surface area contributed by atoms with Gasteiger partial charge in [-0.1, -0.05) is 35.0 Å². The highest BCUT2D eigenvalue weighted by atomic mass is 35.5. The Balaban J connectivity index is 1.42. The fourth-order valence-electron chi connectivity index (χ4n) is 4.37. The van der Waals surface area contributed by atoms with E-state index in [1.54, 1.807) is 19.1 Å². The molecule has 0 saturated carbocycles. The first-order valence-electron chi connectivity index (χ1n) is 12.7. The summed E-state index contributed by atoms with van der Waals surface area (Å²) < 4.78 is 7.13. The van der Waals surface area contributed by atoms with Crippen molar-refractivity contribution in [3.05, 3.63) is 55.6 Å². The van der Waals surface area contributed by atoms with Crippen molar-refractivity contribution in [2.24, 2.45) is 0 Å². The molecular weight excluding hydrogens is 581 g/mol. The maximum Gasteiger partial charge on any atom is 0.341 e. The second kappa shape index (κ2) is 13.2. The number of ether oxygens (including phenoxy) is 1. The van der Waals surface area contributed by atoms with Gasteiger partial charge < -0.3 is 19.9 Å². The molecule has 4 rings (SSSR count). The fourth-order valence-corrected chi connectivity index (χ4v) is 6.77. The van der Waals surface area contributed by atoms with Crippen LogP contribution in [0.5, 0.6) is 0 Å². The molecule has 2 amide bonds. The van der Waals surface area contributed by atoms with Crippen LogP contribution in [0.2, 0.25) is 10.0 Å². The number of aryl methyl sites for hydroxylation is 1. The third kappa shape index (κ3) is 6.77. The number of fused-ring (bicyclic) bond motifs is 1. The number of aromatic nitrogens is 3. The van der Waals surface area contributed by atoms with E-state index in [1.165, 1.54) is 29.2 Å². The van der Waals surface area contributed by atoms with E-state index in [-0.39, 0.29) is 24.2 Å². The zero-order valence-electron chi connectivity index (χ0n) is 21.8. The van der Waals surface area contributed by atoms with Crippen molar-refractivity contribution in [3.63, 3.8) is 0 Å². The van der Waals surface area contributed by atoms with Gasteiger partial charge in [0, 0.05) is 17.0 Å². The molecule has 2 aromatic heterocycles. The molecule has 0 saturated heterocycles. The molecule has 1 aliphatic carbocycles. The fraction of sp³-hybridized carbons (Fsp3) is 0.423. The molecule has 9 nitrogen and oxygen atoms in total. The molecule has 0 bridgehead atoms. The Morgan fingerprint density at radius 1 is 1.15 bits per heavy atom. The first kappa shape index (κ1) is 29.4. The number of carbonyl (C=O) groups is 3. The molecule has 208 valence electrons. The van der Waals surface area contributed by atoms with Gasteiger partial charge in [0.1, 0.15) is 5.00 Å². The van der Waals surface area contributed by atoms with Crippen LogP contribution < -0.4 is 10.6 Å². The standard InChI is InChI=1S/C26H29Cl2N5O4S2/c1-4-33-22(14(3)29-23(35)15-10-11-17(27)18(28)12-15)31-32-26(33)38-13-20(34)30-24-21(25(36)37-5-2)16-8-6-7-9-19(16)39-24/h10-12,14H,4-9,13H2,1-3H3,(H,29,35)(H,30,34)/t14-/m1/s1. The maximum atomic E-state index is 12.9. The van der Waals surface area contributed by atoms with E-state index in [9.17, 15) is 14.4 Å². The van der Waals surface area contributed by atoms with Gasteiger partial charge in [0.05, 0.1) is 34.0 Å². The van der Waals surface area contributed by atoms with Crippen LogP contribution in [-0.2, 0) is 28.9 Å². The zero-order chi connectivity index (χ0) is 28.1. The quantitative estimate of drug-likeness (QED) is 0.216. The summed E-state index contributed by atoms with van der Waals surface area (Å²) in [6.45, 7) is 6.33. The minimum atomic E-state index is -0.452. The monoisotopic (exact) mass is 609 g/mol. The molecule has 3 aromatic rings. The predicted molar refractivity (Wildman–Crippen MR) is 154 cm³/mol. The maximum absolute atomic E-state index is 12.9. The number of nitrogens with one attached hydrogen (secondary N) is 2. The Labute approximate surface area is 245 Å². The van der Waals surface area contributed by atoms with E-state index in [1.807, 2.05) is 18.4 Å². The number of benzene rings is 1. The third-order valence-electron chi connectivity index (χ3n) is 6.21. The van der Waals surface area contributed by atoms with Gasteiger partial charge in [-0.3, -0.25) is 9.59 Å². The Kier molecular flexibility index (Phi) is 9.92. The average Bonchev–Trinajstić information content (AvgIpc) is 3.49. The molecule has 1 atom stereocenters. The Morgan fingerprint density at radius 2 is 1.92 bits per heavy atom. The minimum Gasteiger partial charge on any atom is -0.462 e. The van der Waals surface area contributed by atoms with Gasteiger partial charge in [0.25, 0.3) is 5.91 Å². The van der Waals surface area contributed by atoms with Crippen molar-refractivity contribution in [3.8, 4) is 0 Å². The Hall–Kier alpha value is -2.60. The number of carbonyl (C=O) groups excluding carboxylic acids is 3. The molecule has 2 N–H and O–H groups in total. The van der Waals surface area contributed by atoms with E-state index in [2.05, 4.69) is 20.8 Å². The van der Waals surface area contributed by atoms with E-state index in [0.717, 1.165) is 36.1 Å². The summed E-state index contributed by atoms with van der Waals surface area (Å²) in [6.07, 6.45) is 3.80. The summed E-state index contributed by atoms with van der Waals surface area (Å²) >= 11 is 14.7. The van der Waals surface area contributed by atoms with Crippen LogP contribution in [0.25, 0.3) is 0 Å². The van der Waals surface area contributed by atoms with Gasteiger partial charge >= 0.3 is 5.97 Å². The molecule has 0 aliphatic heterocycles. The SMILES string of the molecule is CCOC(=O)c1c(NC(=O)CSc2nnc([C@@H](C)NC(=O)c3ccc(Cl)c(Cl)c3)n2CC)sc2c1CCCC2. The molecular formula is C26H29Cl2N5O4S2. The number of thioether (sulfide) groups is 1. The number of anilines is 1. The molecule has 1 aromatic carbocycles. The number of halogens is 2. The first-order valence-corrected chi connectivity index (χ1v) is 15.2. The summed E-state index contributed by atoms with van der Waals surface area (Å²) in [5.74, 6) is -0.336. The first-order chi connectivity index (χ1) is 18.7. The molecule has 0 spiro atoms. The Morgan fingerprint density at radius 3 is 2.64 bits per heavy atom. The van der Waals surface area contributed by atoms with Gasteiger partial charge in [0.2, 0.25) is 5.91 Å². The lowest BCUT2D eigenvalue weighted by Crippen LogP contribution is -2.28. The number of hydrogen-bond donors (Lipinski definition) is 2. The molecule has 13 heteroatoms. The van der Waals surface area contributed by atoms with E-state index < -0.39 is 12.0 Å². The van der Waals surface area contributed by atoms with Crippen LogP contribution in [0.15, 0.2) is 23.4 Å². The van der Waals surface area contributed by atoms with Crippen molar-refractivity contribution in [1.82, 2.24) is 20.1 Å². The second-order valence-electron chi connectivity index (χ2n) is 8.88. The van der Waals surface area contributed by atoms with Gasteiger partial charge in [-0.15, -0.1) is 21.5 Å². The molecule has 39 heavy (non-hydrogen) atoms. The van der Waals surface area contributed by atoms with Gasteiger partial charge in [-0.05, 0) is 70.2 Å².